The SMILES string of the molecule is Cc1nn(C)cc1Cn1ccc2c1CC(C)(C)CC2N. The summed E-state index contributed by atoms with van der Waals surface area (Å²) in [5.41, 5.74) is 11.7. The zero-order chi connectivity index (χ0) is 14.5. The van der Waals surface area contributed by atoms with Crippen LogP contribution in [0, 0.1) is 12.3 Å². The fourth-order valence-corrected chi connectivity index (χ4v) is 3.43. The highest BCUT2D eigenvalue weighted by Gasteiger charge is 2.32. The molecule has 2 aromatic rings. The summed E-state index contributed by atoms with van der Waals surface area (Å²) in [4.78, 5) is 0. The molecule has 0 aliphatic heterocycles. The molecule has 0 amide bonds. The van der Waals surface area contributed by atoms with E-state index in [2.05, 4.69) is 48.9 Å². The van der Waals surface area contributed by atoms with E-state index in [0.717, 1.165) is 25.1 Å². The van der Waals surface area contributed by atoms with Crippen molar-refractivity contribution in [2.45, 2.75) is 46.2 Å². The molecule has 2 N–H and O–H groups in total. The fraction of sp³-hybridized carbons (Fsp3) is 0.562. The average molecular weight is 272 g/mol. The van der Waals surface area contributed by atoms with Crippen LogP contribution < -0.4 is 5.73 Å². The van der Waals surface area contributed by atoms with Crippen LogP contribution in [0.3, 0.4) is 0 Å². The van der Waals surface area contributed by atoms with Crippen molar-refractivity contribution in [3.05, 3.63) is 41.0 Å². The lowest BCUT2D eigenvalue weighted by Crippen LogP contribution is -2.30. The van der Waals surface area contributed by atoms with Gasteiger partial charge in [-0.25, -0.2) is 0 Å². The largest absolute Gasteiger partial charge is 0.347 e. The molecule has 3 rings (SSSR count). The quantitative estimate of drug-likeness (QED) is 0.913. The second kappa shape index (κ2) is 4.48. The monoisotopic (exact) mass is 272 g/mol. The van der Waals surface area contributed by atoms with E-state index < -0.39 is 0 Å². The van der Waals surface area contributed by atoms with Crippen molar-refractivity contribution in [3.63, 3.8) is 0 Å². The van der Waals surface area contributed by atoms with Crippen LogP contribution >= 0.6 is 0 Å². The molecular formula is C16H24N4. The number of aryl methyl sites for hydroxylation is 2. The van der Waals surface area contributed by atoms with E-state index in [4.69, 9.17) is 5.73 Å². The number of fused-ring (bicyclic) bond motifs is 1. The first-order valence-electron chi connectivity index (χ1n) is 7.28. The first-order valence-corrected chi connectivity index (χ1v) is 7.28. The van der Waals surface area contributed by atoms with Crippen LogP contribution in [-0.4, -0.2) is 14.3 Å². The van der Waals surface area contributed by atoms with Gasteiger partial charge in [-0.3, -0.25) is 4.68 Å². The van der Waals surface area contributed by atoms with Gasteiger partial charge in [0.25, 0.3) is 0 Å². The van der Waals surface area contributed by atoms with Gasteiger partial charge >= 0.3 is 0 Å². The van der Waals surface area contributed by atoms with Gasteiger partial charge in [0.1, 0.15) is 0 Å². The molecule has 0 bridgehead atoms. The molecule has 0 fully saturated rings. The number of nitrogens with two attached hydrogens (primary N) is 1. The van der Waals surface area contributed by atoms with Crippen molar-refractivity contribution in [2.75, 3.05) is 0 Å². The number of nitrogens with zero attached hydrogens (tertiary/aromatic N) is 3. The van der Waals surface area contributed by atoms with Crippen molar-refractivity contribution in [3.8, 4) is 0 Å². The maximum Gasteiger partial charge on any atom is 0.0643 e. The molecule has 1 aliphatic rings. The van der Waals surface area contributed by atoms with Crippen LogP contribution in [0.5, 0.6) is 0 Å². The minimum Gasteiger partial charge on any atom is -0.347 e. The molecular weight excluding hydrogens is 248 g/mol. The Balaban J connectivity index is 1.95. The van der Waals surface area contributed by atoms with Crippen LogP contribution in [0.2, 0.25) is 0 Å². The highest BCUT2D eigenvalue weighted by Crippen LogP contribution is 2.40. The van der Waals surface area contributed by atoms with Crippen LogP contribution in [0.4, 0.5) is 0 Å². The van der Waals surface area contributed by atoms with E-state index in [1.807, 2.05) is 11.7 Å². The second-order valence-corrected chi connectivity index (χ2v) is 6.91. The summed E-state index contributed by atoms with van der Waals surface area (Å²) in [7, 11) is 1.97. The molecule has 0 saturated carbocycles. The molecule has 108 valence electrons. The maximum absolute atomic E-state index is 6.33. The average Bonchev–Trinajstić information content (AvgIpc) is 2.83. The Morgan fingerprint density at radius 3 is 2.85 bits per heavy atom. The van der Waals surface area contributed by atoms with E-state index in [0.29, 0.717) is 0 Å². The molecule has 2 aromatic heterocycles. The Morgan fingerprint density at radius 1 is 1.45 bits per heavy atom. The third-order valence-electron chi connectivity index (χ3n) is 4.39. The summed E-state index contributed by atoms with van der Waals surface area (Å²) in [5.74, 6) is 0. The van der Waals surface area contributed by atoms with Crippen molar-refractivity contribution >= 4 is 0 Å². The Bertz CT molecular complexity index is 633. The Kier molecular flexibility index (Phi) is 3.01. The summed E-state index contributed by atoms with van der Waals surface area (Å²) in [6, 6.07) is 2.37. The van der Waals surface area contributed by atoms with Crippen LogP contribution in [0.15, 0.2) is 18.5 Å². The van der Waals surface area contributed by atoms with Crippen molar-refractivity contribution < 1.29 is 0 Å². The zero-order valence-corrected chi connectivity index (χ0v) is 12.8. The van der Waals surface area contributed by atoms with Crippen LogP contribution in [0.25, 0.3) is 0 Å². The van der Waals surface area contributed by atoms with E-state index >= 15 is 0 Å². The number of rotatable bonds is 2. The number of hydrogen-bond acceptors (Lipinski definition) is 2. The molecule has 0 aromatic carbocycles. The molecule has 1 unspecified atom stereocenters. The van der Waals surface area contributed by atoms with Crippen LogP contribution in [-0.2, 0) is 20.0 Å². The van der Waals surface area contributed by atoms with Crippen molar-refractivity contribution in [1.29, 1.82) is 0 Å². The van der Waals surface area contributed by atoms with Gasteiger partial charge in [-0.1, -0.05) is 13.8 Å². The Hall–Kier alpha value is -1.55. The standard InChI is InChI=1S/C16H24N4/c1-11-12(9-19(4)18-11)10-20-6-5-13-14(17)7-16(2,3)8-15(13)20/h5-6,9,14H,7-8,10,17H2,1-4H3. The molecule has 20 heavy (non-hydrogen) atoms. The third-order valence-corrected chi connectivity index (χ3v) is 4.39. The molecule has 0 saturated heterocycles. The molecule has 0 radical (unpaired) electrons. The second-order valence-electron chi connectivity index (χ2n) is 6.91. The van der Waals surface area contributed by atoms with Crippen molar-refractivity contribution in [1.82, 2.24) is 14.3 Å². The summed E-state index contributed by atoms with van der Waals surface area (Å²) in [6.45, 7) is 7.57. The maximum atomic E-state index is 6.33. The molecule has 4 heteroatoms. The normalized spacial score (nSPS) is 20.9. The lowest BCUT2D eigenvalue weighted by Gasteiger charge is -2.34. The first kappa shape index (κ1) is 13.4. The summed E-state index contributed by atoms with van der Waals surface area (Å²) in [5, 5.41) is 4.43. The molecule has 0 spiro atoms. The van der Waals surface area contributed by atoms with Gasteiger partial charge in [-0.2, -0.15) is 5.10 Å². The molecule has 4 nitrogen and oxygen atoms in total. The highest BCUT2D eigenvalue weighted by atomic mass is 15.3. The predicted molar refractivity (Wildman–Crippen MR) is 80.5 cm³/mol. The van der Waals surface area contributed by atoms with Crippen LogP contribution in [0.1, 0.15) is 48.8 Å². The summed E-state index contributed by atoms with van der Waals surface area (Å²) >= 11 is 0. The van der Waals surface area contributed by atoms with Gasteiger partial charge in [-0.15, -0.1) is 0 Å². The van der Waals surface area contributed by atoms with Crippen molar-refractivity contribution in [2.24, 2.45) is 18.2 Å². The predicted octanol–water partition coefficient (Wildman–Crippen LogP) is 2.55. The minimum atomic E-state index is 0.171. The minimum absolute atomic E-state index is 0.171. The molecule has 1 atom stereocenters. The van der Waals surface area contributed by atoms with Gasteiger partial charge in [-0.05, 0) is 36.8 Å². The van der Waals surface area contributed by atoms with E-state index in [1.165, 1.54) is 16.8 Å². The molecule has 2 heterocycles. The Labute approximate surface area is 120 Å². The third kappa shape index (κ3) is 2.29. The van der Waals surface area contributed by atoms with Gasteiger partial charge in [0.15, 0.2) is 0 Å². The van der Waals surface area contributed by atoms with E-state index in [1.54, 1.807) is 0 Å². The van der Waals surface area contributed by atoms with Gasteiger partial charge in [0.05, 0.1) is 12.2 Å². The van der Waals surface area contributed by atoms with E-state index in [-0.39, 0.29) is 11.5 Å². The van der Waals surface area contributed by atoms with E-state index in [9.17, 15) is 0 Å². The first-order chi connectivity index (χ1) is 9.35. The topological polar surface area (TPSA) is 48.8 Å². The van der Waals surface area contributed by atoms with Gasteiger partial charge in [0, 0.05) is 36.7 Å². The highest BCUT2D eigenvalue weighted by molar-refractivity contribution is 5.31. The number of hydrogen-bond donors (Lipinski definition) is 1. The fourth-order valence-electron chi connectivity index (χ4n) is 3.43. The lowest BCUT2D eigenvalue weighted by atomic mass is 9.74. The zero-order valence-electron chi connectivity index (χ0n) is 12.8. The number of aromatic nitrogens is 3. The smallest absolute Gasteiger partial charge is 0.0643 e. The lowest BCUT2D eigenvalue weighted by molar-refractivity contribution is 0.276. The van der Waals surface area contributed by atoms with Gasteiger partial charge < -0.3 is 10.3 Å². The Morgan fingerprint density at radius 2 is 2.20 bits per heavy atom. The summed E-state index contributed by atoms with van der Waals surface area (Å²) < 4.78 is 4.23. The van der Waals surface area contributed by atoms with Gasteiger partial charge in [0.2, 0.25) is 0 Å². The molecule has 1 aliphatic carbocycles. The summed E-state index contributed by atoms with van der Waals surface area (Å²) in [6.07, 6.45) is 6.45.